The summed E-state index contributed by atoms with van der Waals surface area (Å²) in [5.41, 5.74) is -0.163. The van der Waals surface area contributed by atoms with Gasteiger partial charge >= 0.3 is 0 Å². The number of likely N-dealkylation sites (tertiary alicyclic amines) is 1. The summed E-state index contributed by atoms with van der Waals surface area (Å²) < 4.78 is 0.931. The zero-order chi connectivity index (χ0) is 16.1. The number of nitrogen functional groups attached to an aromatic ring is 1. The van der Waals surface area contributed by atoms with Crippen LogP contribution in [0.1, 0.15) is 25.5 Å². The SMILES string of the molecule is CCN1CCC(NC(=O)CSc2nnc(C)c(=O)n2N)CC1. The highest BCUT2D eigenvalue weighted by atomic mass is 32.2. The smallest absolute Gasteiger partial charge is 0.294 e. The maximum absolute atomic E-state index is 12.0. The summed E-state index contributed by atoms with van der Waals surface area (Å²) in [6.45, 7) is 6.77. The molecule has 0 bridgehead atoms. The van der Waals surface area contributed by atoms with E-state index in [1.165, 1.54) is 0 Å². The van der Waals surface area contributed by atoms with Crippen molar-refractivity contribution in [1.29, 1.82) is 0 Å². The fraction of sp³-hybridized carbons (Fsp3) is 0.692. The van der Waals surface area contributed by atoms with Gasteiger partial charge in [-0.05, 0) is 26.3 Å². The summed E-state index contributed by atoms with van der Waals surface area (Å²) in [5, 5.41) is 10.8. The molecule has 0 unspecified atom stereocenters. The van der Waals surface area contributed by atoms with E-state index in [2.05, 4.69) is 27.3 Å². The van der Waals surface area contributed by atoms with Crippen LogP contribution >= 0.6 is 11.8 Å². The molecule has 0 aliphatic carbocycles. The van der Waals surface area contributed by atoms with Gasteiger partial charge in [-0.25, -0.2) is 0 Å². The molecule has 2 heterocycles. The van der Waals surface area contributed by atoms with E-state index in [0.29, 0.717) is 0 Å². The van der Waals surface area contributed by atoms with E-state index in [1.807, 2.05) is 0 Å². The molecule has 0 radical (unpaired) electrons. The molecule has 22 heavy (non-hydrogen) atoms. The molecule has 8 nitrogen and oxygen atoms in total. The van der Waals surface area contributed by atoms with Gasteiger partial charge in [0.05, 0.1) is 5.75 Å². The lowest BCUT2D eigenvalue weighted by Crippen LogP contribution is -2.45. The van der Waals surface area contributed by atoms with E-state index in [9.17, 15) is 9.59 Å². The number of rotatable bonds is 5. The minimum absolute atomic E-state index is 0.0743. The van der Waals surface area contributed by atoms with Crippen molar-refractivity contribution in [1.82, 2.24) is 25.1 Å². The third kappa shape index (κ3) is 4.20. The van der Waals surface area contributed by atoms with Gasteiger partial charge in [0.1, 0.15) is 5.69 Å². The van der Waals surface area contributed by atoms with Gasteiger partial charge in [0.2, 0.25) is 11.1 Å². The molecule has 2 rings (SSSR count). The summed E-state index contributed by atoms with van der Waals surface area (Å²) >= 11 is 1.11. The Labute approximate surface area is 133 Å². The number of hydrogen-bond acceptors (Lipinski definition) is 7. The Morgan fingerprint density at radius 1 is 1.41 bits per heavy atom. The number of hydrogen-bond donors (Lipinski definition) is 2. The van der Waals surface area contributed by atoms with Crippen LogP contribution in [0, 0.1) is 6.92 Å². The van der Waals surface area contributed by atoms with Crippen molar-refractivity contribution >= 4 is 17.7 Å². The molecule has 1 aliphatic heterocycles. The summed E-state index contributed by atoms with van der Waals surface area (Å²) in [5.74, 6) is 5.72. The zero-order valence-corrected chi connectivity index (χ0v) is 13.7. The Hall–Kier alpha value is -1.61. The van der Waals surface area contributed by atoms with Gasteiger partial charge in [0.15, 0.2) is 0 Å². The summed E-state index contributed by atoms with van der Waals surface area (Å²) in [4.78, 5) is 26.0. The highest BCUT2D eigenvalue weighted by molar-refractivity contribution is 7.99. The van der Waals surface area contributed by atoms with Crippen molar-refractivity contribution in [3.63, 3.8) is 0 Å². The lowest BCUT2D eigenvalue weighted by atomic mass is 10.1. The topological polar surface area (TPSA) is 106 Å². The third-order valence-corrected chi connectivity index (χ3v) is 4.70. The minimum atomic E-state index is -0.398. The Kier molecular flexibility index (Phi) is 5.78. The van der Waals surface area contributed by atoms with E-state index in [4.69, 9.17) is 5.84 Å². The monoisotopic (exact) mass is 326 g/mol. The standard InChI is InChI=1S/C13H22N6O2S/c1-3-18-6-4-10(5-7-18)15-11(20)8-22-13-17-16-9(2)12(21)19(13)14/h10H,3-8,14H2,1-2H3,(H,15,20). The fourth-order valence-corrected chi connectivity index (χ4v) is 3.03. The predicted molar refractivity (Wildman–Crippen MR) is 85.2 cm³/mol. The van der Waals surface area contributed by atoms with E-state index in [1.54, 1.807) is 6.92 Å². The van der Waals surface area contributed by atoms with Crippen molar-refractivity contribution in [2.45, 2.75) is 37.9 Å². The molecule has 1 amide bonds. The number of nitrogens with two attached hydrogens (primary N) is 1. The largest absolute Gasteiger partial charge is 0.353 e. The van der Waals surface area contributed by atoms with Gasteiger partial charge in [-0.2, -0.15) is 4.68 Å². The van der Waals surface area contributed by atoms with Crippen LogP contribution in [0.3, 0.4) is 0 Å². The first-order valence-electron chi connectivity index (χ1n) is 7.37. The minimum Gasteiger partial charge on any atom is -0.353 e. The average molecular weight is 326 g/mol. The van der Waals surface area contributed by atoms with Gasteiger partial charge in [0, 0.05) is 19.1 Å². The lowest BCUT2D eigenvalue weighted by Gasteiger charge is -2.31. The Morgan fingerprint density at radius 2 is 2.09 bits per heavy atom. The van der Waals surface area contributed by atoms with Crippen molar-refractivity contribution in [3.05, 3.63) is 16.0 Å². The van der Waals surface area contributed by atoms with E-state index in [-0.39, 0.29) is 28.6 Å². The molecule has 1 aliphatic rings. The number of amides is 1. The lowest BCUT2D eigenvalue weighted by molar-refractivity contribution is -0.119. The summed E-state index contributed by atoms with van der Waals surface area (Å²) in [6, 6.07) is 0.222. The van der Waals surface area contributed by atoms with Crippen LogP contribution in [0.2, 0.25) is 0 Å². The van der Waals surface area contributed by atoms with Crippen molar-refractivity contribution in [2.24, 2.45) is 0 Å². The quantitative estimate of drug-likeness (QED) is 0.547. The first-order chi connectivity index (χ1) is 10.5. The summed E-state index contributed by atoms with van der Waals surface area (Å²) in [6.07, 6.45) is 1.94. The molecule has 1 fully saturated rings. The Bertz CT molecular complexity index is 582. The Morgan fingerprint density at radius 3 is 2.73 bits per heavy atom. The number of carbonyl (C=O) groups excluding carboxylic acids is 1. The van der Waals surface area contributed by atoms with Gasteiger partial charge in [-0.15, -0.1) is 10.2 Å². The van der Waals surface area contributed by atoms with Gasteiger partial charge in [-0.3, -0.25) is 9.59 Å². The second-order valence-corrected chi connectivity index (χ2v) is 6.25. The number of nitrogens with one attached hydrogen (secondary N) is 1. The van der Waals surface area contributed by atoms with E-state index >= 15 is 0 Å². The average Bonchev–Trinajstić information content (AvgIpc) is 2.53. The molecule has 0 atom stereocenters. The van der Waals surface area contributed by atoms with Crippen molar-refractivity contribution in [2.75, 3.05) is 31.2 Å². The number of aryl methyl sites for hydroxylation is 1. The van der Waals surface area contributed by atoms with Crippen LogP contribution in [0.25, 0.3) is 0 Å². The van der Waals surface area contributed by atoms with Crippen LogP contribution in [0.4, 0.5) is 0 Å². The predicted octanol–water partition coefficient (Wildman–Crippen LogP) is -0.647. The molecule has 0 spiro atoms. The number of nitrogens with zero attached hydrogens (tertiary/aromatic N) is 4. The highest BCUT2D eigenvalue weighted by Gasteiger charge is 2.20. The number of piperidine rings is 1. The molecule has 0 aromatic carbocycles. The first-order valence-corrected chi connectivity index (χ1v) is 8.35. The molecule has 3 N–H and O–H groups in total. The number of thioether (sulfide) groups is 1. The van der Waals surface area contributed by atoms with Crippen molar-refractivity contribution in [3.8, 4) is 0 Å². The number of aromatic nitrogens is 3. The number of carbonyl (C=O) groups is 1. The van der Waals surface area contributed by atoms with Crippen LogP contribution in [-0.2, 0) is 4.79 Å². The third-order valence-electron chi connectivity index (χ3n) is 3.75. The molecule has 1 aromatic rings. The fourth-order valence-electron chi connectivity index (χ4n) is 2.36. The second-order valence-electron chi connectivity index (χ2n) is 5.31. The van der Waals surface area contributed by atoms with E-state index < -0.39 is 5.56 Å². The van der Waals surface area contributed by atoms with Crippen LogP contribution in [-0.4, -0.2) is 57.1 Å². The Balaban J connectivity index is 1.81. The first kappa shape index (κ1) is 16.8. The van der Waals surface area contributed by atoms with Crippen LogP contribution < -0.4 is 16.7 Å². The molecular formula is C13H22N6O2S. The molecule has 0 saturated carbocycles. The molecular weight excluding hydrogens is 304 g/mol. The normalized spacial score (nSPS) is 16.6. The van der Waals surface area contributed by atoms with Crippen molar-refractivity contribution < 1.29 is 4.79 Å². The van der Waals surface area contributed by atoms with E-state index in [0.717, 1.165) is 48.9 Å². The highest BCUT2D eigenvalue weighted by Crippen LogP contribution is 2.13. The van der Waals surface area contributed by atoms with Crippen LogP contribution in [0.15, 0.2) is 9.95 Å². The molecule has 9 heteroatoms. The van der Waals surface area contributed by atoms with Gasteiger partial charge in [-0.1, -0.05) is 18.7 Å². The maximum atomic E-state index is 12.0. The van der Waals surface area contributed by atoms with Gasteiger partial charge < -0.3 is 16.1 Å². The summed E-state index contributed by atoms with van der Waals surface area (Å²) in [7, 11) is 0. The molecule has 122 valence electrons. The second kappa shape index (κ2) is 7.59. The van der Waals surface area contributed by atoms with Crippen LogP contribution in [0.5, 0.6) is 0 Å². The zero-order valence-electron chi connectivity index (χ0n) is 12.9. The maximum Gasteiger partial charge on any atom is 0.294 e. The molecule has 1 saturated heterocycles. The van der Waals surface area contributed by atoms with Gasteiger partial charge in [0.25, 0.3) is 5.56 Å². The molecule has 1 aromatic heterocycles.